The van der Waals surface area contributed by atoms with Gasteiger partial charge in [0.25, 0.3) is 5.56 Å². The molecule has 0 radical (unpaired) electrons. The lowest BCUT2D eigenvalue weighted by atomic mass is 10.1. The first-order valence-electron chi connectivity index (χ1n) is 8.81. The van der Waals surface area contributed by atoms with Gasteiger partial charge in [-0.1, -0.05) is 52.3 Å². The lowest BCUT2D eigenvalue weighted by Crippen LogP contribution is -2.35. The fraction of sp³-hybridized carbons (Fsp3) is 0.190. The largest absolute Gasteiger partial charge is 0.348 e. The van der Waals surface area contributed by atoms with Crippen LogP contribution in [-0.2, 0) is 17.8 Å². The van der Waals surface area contributed by atoms with E-state index in [2.05, 4.69) is 32.4 Å². The Balaban J connectivity index is 1.51. The van der Waals surface area contributed by atoms with E-state index < -0.39 is 0 Å². The van der Waals surface area contributed by atoms with E-state index in [-0.39, 0.29) is 24.1 Å². The Morgan fingerprint density at radius 2 is 1.89 bits per heavy atom. The highest BCUT2D eigenvalue weighted by Crippen LogP contribution is 2.30. The third-order valence-electron chi connectivity index (χ3n) is 4.77. The van der Waals surface area contributed by atoms with Crippen molar-refractivity contribution < 1.29 is 4.79 Å². The van der Waals surface area contributed by atoms with Crippen LogP contribution in [0.5, 0.6) is 0 Å². The van der Waals surface area contributed by atoms with Gasteiger partial charge in [-0.25, -0.2) is 4.68 Å². The third-order valence-corrected chi connectivity index (χ3v) is 5.30. The topological polar surface area (TPSA) is 64.0 Å². The van der Waals surface area contributed by atoms with Gasteiger partial charge in [-0.05, 0) is 42.2 Å². The number of halogens is 1. The van der Waals surface area contributed by atoms with Gasteiger partial charge in [0.15, 0.2) is 0 Å². The fourth-order valence-corrected chi connectivity index (χ4v) is 3.68. The van der Waals surface area contributed by atoms with E-state index >= 15 is 0 Å². The number of aryl methyl sites for hydroxylation is 1. The summed E-state index contributed by atoms with van der Waals surface area (Å²) in [7, 11) is 0. The summed E-state index contributed by atoms with van der Waals surface area (Å²) >= 11 is 3.40. The van der Waals surface area contributed by atoms with Crippen LogP contribution in [0.15, 0.2) is 69.9 Å². The summed E-state index contributed by atoms with van der Waals surface area (Å²) in [6.45, 7) is -0.0954. The van der Waals surface area contributed by atoms with Crippen molar-refractivity contribution in [2.24, 2.45) is 0 Å². The Bertz CT molecular complexity index is 1040. The molecule has 0 spiro atoms. The second-order valence-corrected chi connectivity index (χ2v) is 7.49. The number of nitrogens with zero attached hydrogens (tertiary/aromatic N) is 2. The van der Waals surface area contributed by atoms with E-state index in [1.54, 1.807) is 6.07 Å². The number of carbonyl (C=O) groups is 1. The minimum Gasteiger partial charge on any atom is -0.348 e. The second-order valence-electron chi connectivity index (χ2n) is 6.58. The molecular formula is C21H18BrN3O2. The maximum atomic E-state index is 12.5. The molecule has 1 N–H and O–H groups in total. The first-order valence-corrected chi connectivity index (χ1v) is 9.61. The summed E-state index contributed by atoms with van der Waals surface area (Å²) in [6, 6.07) is 18.9. The molecule has 1 aliphatic carbocycles. The van der Waals surface area contributed by atoms with Crippen LogP contribution < -0.4 is 10.9 Å². The molecule has 0 bridgehead atoms. The van der Waals surface area contributed by atoms with Crippen molar-refractivity contribution in [2.75, 3.05) is 0 Å². The maximum absolute atomic E-state index is 12.5. The summed E-state index contributed by atoms with van der Waals surface area (Å²) in [5.74, 6) is -0.209. The van der Waals surface area contributed by atoms with Crippen LogP contribution in [0.25, 0.3) is 11.3 Å². The van der Waals surface area contributed by atoms with E-state index in [1.165, 1.54) is 16.3 Å². The molecule has 6 heteroatoms. The highest BCUT2D eigenvalue weighted by atomic mass is 79.9. The van der Waals surface area contributed by atoms with Crippen molar-refractivity contribution in [1.82, 2.24) is 15.1 Å². The second kappa shape index (κ2) is 7.48. The molecule has 0 saturated carbocycles. The molecule has 4 rings (SSSR count). The Morgan fingerprint density at radius 3 is 2.70 bits per heavy atom. The SMILES string of the molecule is O=C(Cn1nc(-c2ccc(Br)cc2)ccc1=O)N[C@H]1CCc2ccccc21. The summed E-state index contributed by atoms with van der Waals surface area (Å²) in [5, 5.41) is 7.39. The molecule has 0 saturated heterocycles. The molecule has 0 unspecified atom stereocenters. The van der Waals surface area contributed by atoms with Crippen LogP contribution in [0.1, 0.15) is 23.6 Å². The zero-order valence-electron chi connectivity index (χ0n) is 14.6. The van der Waals surface area contributed by atoms with Crippen LogP contribution in [0.2, 0.25) is 0 Å². The predicted molar refractivity (Wildman–Crippen MR) is 107 cm³/mol. The Labute approximate surface area is 165 Å². The van der Waals surface area contributed by atoms with Crippen molar-refractivity contribution >= 4 is 21.8 Å². The summed E-state index contributed by atoms with van der Waals surface area (Å²) in [5.41, 5.74) is 3.68. The average Bonchev–Trinajstić information content (AvgIpc) is 3.07. The minimum atomic E-state index is -0.294. The number of amides is 1. The van der Waals surface area contributed by atoms with Gasteiger partial charge in [0, 0.05) is 16.1 Å². The quantitative estimate of drug-likeness (QED) is 0.698. The van der Waals surface area contributed by atoms with E-state index in [9.17, 15) is 9.59 Å². The van der Waals surface area contributed by atoms with Crippen molar-refractivity contribution in [2.45, 2.75) is 25.4 Å². The molecular weight excluding hydrogens is 406 g/mol. The maximum Gasteiger partial charge on any atom is 0.267 e. The van der Waals surface area contributed by atoms with Crippen LogP contribution >= 0.6 is 15.9 Å². The highest BCUT2D eigenvalue weighted by Gasteiger charge is 2.23. The van der Waals surface area contributed by atoms with Gasteiger partial charge in [0.1, 0.15) is 6.54 Å². The molecule has 3 aromatic rings. The number of hydrogen-bond donors (Lipinski definition) is 1. The number of carbonyl (C=O) groups excluding carboxylic acids is 1. The van der Waals surface area contributed by atoms with Gasteiger partial charge in [0.05, 0.1) is 11.7 Å². The third kappa shape index (κ3) is 3.85. The number of aromatic nitrogens is 2. The molecule has 1 atom stereocenters. The Morgan fingerprint density at radius 1 is 1.11 bits per heavy atom. The molecule has 0 fully saturated rings. The Kier molecular flexibility index (Phi) is 4.90. The van der Waals surface area contributed by atoms with E-state index in [1.807, 2.05) is 42.5 Å². The van der Waals surface area contributed by atoms with Crippen molar-refractivity contribution in [1.29, 1.82) is 0 Å². The predicted octanol–water partition coefficient (Wildman–Crippen LogP) is 3.48. The number of nitrogens with one attached hydrogen (secondary N) is 1. The van der Waals surface area contributed by atoms with Crippen molar-refractivity contribution in [3.05, 3.63) is 86.6 Å². The number of rotatable bonds is 4. The monoisotopic (exact) mass is 423 g/mol. The van der Waals surface area contributed by atoms with Crippen LogP contribution in [0.3, 0.4) is 0 Å². The van der Waals surface area contributed by atoms with E-state index in [0.717, 1.165) is 28.4 Å². The van der Waals surface area contributed by atoms with Gasteiger partial charge < -0.3 is 5.32 Å². The molecule has 136 valence electrons. The van der Waals surface area contributed by atoms with Crippen molar-refractivity contribution in [3.8, 4) is 11.3 Å². The zero-order valence-corrected chi connectivity index (χ0v) is 16.1. The minimum absolute atomic E-state index is 0.000872. The van der Waals surface area contributed by atoms with E-state index in [4.69, 9.17) is 0 Å². The first kappa shape index (κ1) is 17.7. The molecule has 1 aliphatic rings. The lowest BCUT2D eigenvalue weighted by Gasteiger charge is -2.14. The Hall–Kier alpha value is -2.73. The highest BCUT2D eigenvalue weighted by molar-refractivity contribution is 9.10. The van der Waals surface area contributed by atoms with Gasteiger partial charge in [0.2, 0.25) is 5.91 Å². The molecule has 0 aliphatic heterocycles. The normalized spacial score (nSPS) is 15.4. The van der Waals surface area contributed by atoms with Crippen LogP contribution in [-0.4, -0.2) is 15.7 Å². The molecule has 27 heavy (non-hydrogen) atoms. The molecule has 5 nitrogen and oxygen atoms in total. The lowest BCUT2D eigenvalue weighted by molar-refractivity contribution is -0.122. The van der Waals surface area contributed by atoms with E-state index in [0.29, 0.717) is 5.69 Å². The molecule has 2 aromatic carbocycles. The molecule has 1 aromatic heterocycles. The van der Waals surface area contributed by atoms with Gasteiger partial charge >= 0.3 is 0 Å². The number of fused-ring (bicyclic) bond motifs is 1. The average molecular weight is 424 g/mol. The van der Waals surface area contributed by atoms with Gasteiger partial charge in [-0.2, -0.15) is 5.10 Å². The van der Waals surface area contributed by atoms with Crippen LogP contribution in [0, 0.1) is 0 Å². The number of benzene rings is 2. The fourth-order valence-electron chi connectivity index (χ4n) is 3.42. The zero-order chi connectivity index (χ0) is 18.8. The van der Waals surface area contributed by atoms with Gasteiger partial charge in [-0.15, -0.1) is 0 Å². The van der Waals surface area contributed by atoms with Crippen molar-refractivity contribution in [3.63, 3.8) is 0 Å². The smallest absolute Gasteiger partial charge is 0.267 e. The summed E-state index contributed by atoms with van der Waals surface area (Å²) in [6.07, 6.45) is 1.84. The molecule has 1 heterocycles. The summed E-state index contributed by atoms with van der Waals surface area (Å²) in [4.78, 5) is 24.6. The van der Waals surface area contributed by atoms with Gasteiger partial charge in [-0.3, -0.25) is 9.59 Å². The standard InChI is InChI=1S/C21H18BrN3O2/c22-16-8-5-15(6-9-16)18-11-12-21(27)25(24-18)13-20(26)23-19-10-7-14-3-1-2-4-17(14)19/h1-6,8-9,11-12,19H,7,10,13H2,(H,23,26)/t19-/m0/s1. The van der Waals surface area contributed by atoms with Crippen LogP contribution in [0.4, 0.5) is 0 Å². The summed E-state index contributed by atoms with van der Waals surface area (Å²) < 4.78 is 2.18. The molecule has 1 amide bonds. The first-order chi connectivity index (χ1) is 13.1. The number of hydrogen-bond acceptors (Lipinski definition) is 3.